The van der Waals surface area contributed by atoms with Crippen molar-refractivity contribution in [2.75, 3.05) is 5.32 Å². The number of hydrogen-bond donors (Lipinski definition) is 2. The molecule has 0 aliphatic heterocycles. The van der Waals surface area contributed by atoms with E-state index < -0.39 is 23.3 Å². The van der Waals surface area contributed by atoms with Gasteiger partial charge in [-0.2, -0.15) is 4.98 Å². The molecule has 154 valence electrons. The molecule has 0 aliphatic rings. The summed E-state index contributed by atoms with van der Waals surface area (Å²) in [6, 6.07) is 4.33. The van der Waals surface area contributed by atoms with Crippen LogP contribution in [0.15, 0.2) is 35.3 Å². The number of nitrogens with one attached hydrogen (secondary N) is 1. The lowest BCUT2D eigenvalue weighted by molar-refractivity contribution is 0.173. The average molecular weight is 404 g/mol. The molecule has 7 nitrogen and oxygen atoms in total. The van der Waals surface area contributed by atoms with Crippen molar-refractivity contribution in [3.8, 4) is 11.5 Å². The van der Waals surface area contributed by atoms with Crippen LogP contribution in [0.5, 0.6) is 11.5 Å². The van der Waals surface area contributed by atoms with E-state index in [1.165, 1.54) is 23.8 Å². The van der Waals surface area contributed by atoms with Crippen LogP contribution in [0, 0.1) is 11.6 Å². The normalized spacial score (nSPS) is 13.3. The van der Waals surface area contributed by atoms with Crippen molar-refractivity contribution in [1.82, 2.24) is 14.5 Å². The van der Waals surface area contributed by atoms with Crippen LogP contribution in [0.4, 0.5) is 14.7 Å². The molecule has 1 aromatic carbocycles. The van der Waals surface area contributed by atoms with Crippen LogP contribution in [-0.4, -0.2) is 31.8 Å². The van der Waals surface area contributed by atoms with E-state index in [1.807, 2.05) is 13.8 Å². The standard InChI is InChI=1S/C20H22F2N4O3/c1-4-11(2)24-20-23-9-13-7-17(29-16-6-5-14(21)8-15(16)22)19(28)26(10-12(3)27)18(13)25-20/h5-9,11-12,27H,4,10H2,1-3H3,(H,23,24,25). The van der Waals surface area contributed by atoms with Gasteiger partial charge in [-0.25, -0.2) is 13.8 Å². The lowest BCUT2D eigenvalue weighted by atomic mass is 10.2. The van der Waals surface area contributed by atoms with Gasteiger partial charge in [0.15, 0.2) is 17.3 Å². The van der Waals surface area contributed by atoms with Gasteiger partial charge >= 0.3 is 0 Å². The van der Waals surface area contributed by atoms with Crippen LogP contribution >= 0.6 is 0 Å². The molecule has 0 saturated carbocycles. The Morgan fingerprint density at radius 2 is 2.00 bits per heavy atom. The Morgan fingerprint density at radius 1 is 1.24 bits per heavy atom. The Kier molecular flexibility index (Phi) is 6.07. The van der Waals surface area contributed by atoms with Gasteiger partial charge < -0.3 is 15.2 Å². The number of nitrogens with zero attached hydrogens (tertiary/aromatic N) is 3. The number of pyridine rings is 1. The van der Waals surface area contributed by atoms with Crippen molar-refractivity contribution in [3.63, 3.8) is 0 Å². The Balaban J connectivity index is 2.11. The monoisotopic (exact) mass is 404 g/mol. The summed E-state index contributed by atoms with van der Waals surface area (Å²) < 4.78 is 33.7. The van der Waals surface area contributed by atoms with Crippen LogP contribution in [-0.2, 0) is 6.54 Å². The summed E-state index contributed by atoms with van der Waals surface area (Å²) in [6.07, 6.45) is 1.53. The van der Waals surface area contributed by atoms with Crippen molar-refractivity contribution in [2.45, 2.75) is 45.9 Å². The van der Waals surface area contributed by atoms with Crippen molar-refractivity contribution in [2.24, 2.45) is 0 Å². The molecule has 2 unspecified atom stereocenters. The third-order valence-electron chi connectivity index (χ3n) is 4.34. The number of aliphatic hydroxyl groups excluding tert-OH is 1. The van der Waals surface area contributed by atoms with Gasteiger partial charge in [-0.1, -0.05) is 6.92 Å². The summed E-state index contributed by atoms with van der Waals surface area (Å²) in [6.45, 7) is 5.48. The summed E-state index contributed by atoms with van der Waals surface area (Å²) in [5.41, 5.74) is -0.293. The van der Waals surface area contributed by atoms with E-state index in [0.717, 1.165) is 18.6 Å². The maximum Gasteiger partial charge on any atom is 0.295 e. The fourth-order valence-electron chi connectivity index (χ4n) is 2.71. The second kappa shape index (κ2) is 8.52. The summed E-state index contributed by atoms with van der Waals surface area (Å²) in [5, 5.41) is 13.4. The fourth-order valence-corrected chi connectivity index (χ4v) is 2.71. The molecule has 0 radical (unpaired) electrons. The lowest BCUT2D eigenvalue weighted by Crippen LogP contribution is -2.27. The second-order valence-corrected chi connectivity index (χ2v) is 6.88. The molecule has 0 spiro atoms. The first-order valence-corrected chi connectivity index (χ1v) is 9.26. The third kappa shape index (κ3) is 4.68. The van der Waals surface area contributed by atoms with E-state index in [2.05, 4.69) is 15.3 Å². The van der Waals surface area contributed by atoms with Crippen LogP contribution in [0.2, 0.25) is 0 Å². The molecule has 0 aliphatic carbocycles. The fraction of sp³-hybridized carbons (Fsp3) is 0.350. The molecule has 2 heterocycles. The van der Waals surface area contributed by atoms with Crippen LogP contribution < -0.4 is 15.6 Å². The number of anilines is 1. The number of fused-ring (bicyclic) bond motifs is 1. The molecule has 0 saturated heterocycles. The molecule has 3 rings (SSSR count). The van der Waals surface area contributed by atoms with Crippen molar-refractivity contribution >= 4 is 17.0 Å². The molecular weight excluding hydrogens is 382 g/mol. The zero-order chi connectivity index (χ0) is 21.1. The minimum Gasteiger partial charge on any atom is -0.448 e. The highest BCUT2D eigenvalue weighted by atomic mass is 19.1. The first kappa shape index (κ1) is 20.7. The van der Waals surface area contributed by atoms with E-state index in [4.69, 9.17) is 4.74 Å². The van der Waals surface area contributed by atoms with Gasteiger partial charge in [0.25, 0.3) is 5.56 Å². The molecule has 2 aromatic heterocycles. The maximum absolute atomic E-state index is 14.0. The Morgan fingerprint density at radius 3 is 2.66 bits per heavy atom. The van der Waals surface area contributed by atoms with Crippen molar-refractivity contribution in [3.05, 3.63) is 52.5 Å². The zero-order valence-electron chi connectivity index (χ0n) is 16.3. The maximum atomic E-state index is 14.0. The van der Waals surface area contributed by atoms with Crippen LogP contribution in [0.3, 0.4) is 0 Å². The number of halogens is 2. The molecule has 0 bridgehead atoms. The largest absolute Gasteiger partial charge is 0.448 e. The van der Waals surface area contributed by atoms with Gasteiger partial charge in [0.2, 0.25) is 5.95 Å². The Hall–Kier alpha value is -3.07. The highest BCUT2D eigenvalue weighted by Crippen LogP contribution is 2.25. The van der Waals surface area contributed by atoms with Crippen molar-refractivity contribution < 1.29 is 18.6 Å². The van der Waals surface area contributed by atoms with Gasteiger partial charge in [-0.15, -0.1) is 0 Å². The second-order valence-electron chi connectivity index (χ2n) is 6.88. The van der Waals surface area contributed by atoms with E-state index in [1.54, 1.807) is 0 Å². The van der Waals surface area contributed by atoms with Gasteiger partial charge in [-0.3, -0.25) is 9.36 Å². The molecule has 9 heteroatoms. The first-order chi connectivity index (χ1) is 13.8. The third-order valence-corrected chi connectivity index (χ3v) is 4.34. The SMILES string of the molecule is CCC(C)Nc1ncc2cc(Oc3ccc(F)cc3F)c(=O)n(CC(C)O)c2n1. The predicted molar refractivity (Wildman–Crippen MR) is 105 cm³/mol. The van der Waals surface area contributed by atoms with E-state index >= 15 is 0 Å². The highest BCUT2D eigenvalue weighted by Gasteiger charge is 2.17. The van der Waals surface area contributed by atoms with E-state index in [0.29, 0.717) is 23.0 Å². The summed E-state index contributed by atoms with van der Waals surface area (Å²) in [5.74, 6) is -1.81. The van der Waals surface area contributed by atoms with E-state index in [9.17, 15) is 18.7 Å². The first-order valence-electron chi connectivity index (χ1n) is 9.26. The van der Waals surface area contributed by atoms with Crippen LogP contribution in [0.1, 0.15) is 27.2 Å². The highest BCUT2D eigenvalue weighted by molar-refractivity contribution is 5.77. The zero-order valence-corrected chi connectivity index (χ0v) is 16.3. The number of aliphatic hydroxyl groups is 1. The minimum absolute atomic E-state index is 0.0434. The quantitative estimate of drug-likeness (QED) is 0.627. The smallest absolute Gasteiger partial charge is 0.295 e. The molecule has 2 N–H and O–H groups in total. The average Bonchev–Trinajstić information content (AvgIpc) is 2.67. The van der Waals surface area contributed by atoms with E-state index in [-0.39, 0.29) is 24.1 Å². The molecule has 3 aromatic rings. The minimum atomic E-state index is -0.934. The van der Waals surface area contributed by atoms with Gasteiger partial charge in [-0.05, 0) is 38.5 Å². The predicted octanol–water partition coefficient (Wildman–Crippen LogP) is 3.45. The number of benzene rings is 1. The lowest BCUT2D eigenvalue weighted by Gasteiger charge is -2.16. The van der Waals surface area contributed by atoms with Crippen LogP contribution in [0.25, 0.3) is 11.0 Å². The molecule has 0 fully saturated rings. The summed E-state index contributed by atoms with van der Waals surface area (Å²) in [7, 11) is 0. The summed E-state index contributed by atoms with van der Waals surface area (Å²) >= 11 is 0. The number of aromatic nitrogens is 3. The van der Waals surface area contributed by atoms with Crippen molar-refractivity contribution in [1.29, 1.82) is 0 Å². The number of ether oxygens (including phenoxy) is 1. The topological polar surface area (TPSA) is 89.3 Å². The summed E-state index contributed by atoms with van der Waals surface area (Å²) in [4.78, 5) is 21.6. The molecule has 29 heavy (non-hydrogen) atoms. The Labute approximate surface area is 166 Å². The molecule has 2 atom stereocenters. The molecule has 0 amide bonds. The van der Waals surface area contributed by atoms with Gasteiger partial charge in [0.05, 0.1) is 12.6 Å². The number of rotatable bonds is 7. The molecular formula is C20H22F2N4O3. The van der Waals surface area contributed by atoms with Gasteiger partial charge in [0.1, 0.15) is 11.5 Å². The Bertz CT molecular complexity index is 1090. The number of hydrogen-bond acceptors (Lipinski definition) is 6. The van der Waals surface area contributed by atoms with Gasteiger partial charge in [0, 0.05) is 23.7 Å².